The average Bonchev–Trinajstić information content (AvgIpc) is 2.85. The van der Waals surface area contributed by atoms with E-state index in [2.05, 4.69) is 10.3 Å². The van der Waals surface area contributed by atoms with Crippen LogP contribution in [0, 0.1) is 0 Å². The Bertz CT molecular complexity index is 534. The monoisotopic (exact) mass is 335 g/mol. The molecular weight excluding hydrogens is 319 g/mol. The zero-order valence-corrected chi connectivity index (χ0v) is 13.0. The summed E-state index contributed by atoms with van der Waals surface area (Å²) in [6.07, 6.45) is 0.398. The fraction of sp³-hybridized carbons (Fsp3) is 0.538. The van der Waals surface area contributed by atoms with Gasteiger partial charge in [0.15, 0.2) is 0 Å². The second-order valence-corrected chi connectivity index (χ2v) is 6.54. The van der Waals surface area contributed by atoms with Crippen molar-refractivity contribution in [3.05, 3.63) is 23.4 Å². The molecular formula is C13H16F3N3S2. The molecule has 0 spiro atoms. The Balaban J connectivity index is 2.25. The summed E-state index contributed by atoms with van der Waals surface area (Å²) in [6.45, 7) is 0. The van der Waals surface area contributed by atoms with Crippen molar-refractivity contribution in [3.63, 3.8) is 0 Å². The third kappa shape index (κ3) is 4.00. The van der Waals surface area contributed by atoms with Crippen molar-refractivity contribution in [3.8, 4) is 0 Å². The van der Waals surface area contributed by atoms with Crippen LogP contribution in [0.3, 0.4) is 0 Å². The molecule has 1 aromatic heterocycles. The number of nitrogens with one attached hydrogen (secondary N) is 1. The topological polar surface area (TPSA) is 50.9 Å². The van der Waals surface area contributed by atoms with Gasteiger partial charge in [-0.3, -0.25) is 0 Å². The average molecular weight is 335 g/mol. The minimum Gasteiger partial charge on any atom is -0.389 e. The van der Waals surface area contributed by atoms with E-state index in [0.717, 1.165) is 25.3 Å². The van der Waals surface area contributed by atoms with E-state index in [1.807, 2.05) is 6.26 Å². The smallest absolute Gasteiger partial charge is 0.389 e. The fourth-order valence-corrected chi connectivity index (χ4v) is 3.37. The molecule has 1 aromatic rings. The SMILES string of the molecule is CSC1CCC(Nc2nc(C(F)(F)F)ccc2C(N)=S)C1. The maximum absolute atomic E-state index is 12.8. The van der Waals surface area contributed by atoms with Gasteiger partial charge in [0.25, 0.3) is 0 Å². The van der Waals surface area contributed by atoms with Crippen LogP contribution in [0.2, 0.25) is 0 Å². The molecule has 0 radical (unpaired) electrons. The lowest BCUT2D eigenvalue weighted by Gasteiger charge is -2.18. The molecule has 0 amide bonds. The summed E-state index contributed by atoms with van der Waals surface area (Å²) in [7, 11) is 0. The van der Waals surface area contributed by atoms with Gasteiger partial charge in [-0.05, 0) is 37.7 Å². The molecule has 3 nitrogen and oxygen atoms in total. The molecule has 2 unspecified atom stereocenters. The van der Waals surface area contributed by atoms with E-state index >= 15 is 0 Å². The second-order valence-electron chi connectivity index (χ2n) is 4.97. The first-order valence-electron chi connectivity index (χ1n) is 6.48. The summed E-state index contributed by atoms with van der Waals surface area (Å²) in [5, 5.41) is 3.60. The number of nitrogens with two attached hydrogens (primary N) is 1. The van der Waals surface area contributed by atoms with Crippen LogP contribution in [0.25, 0.3) is 0 Å². The van der Waals surface area contributed by atoms with Crippen molar-refractivity contribution < 1.29 is 13.2 Å². The number of pyridine rings is 1. The van der Waals surface area contributed by atoms with E-state index in [9.17, 15) is 13.2 Å². The first-order valence-corrected chi connectivity index (χ1v) is 8.18. The maximum atomic E-state index is 12.8. The van der Waals surface area contributed by atoms with E-state index in [0.29, 0.717) is 10.8 Å². The van der Waals surface area contributed by atoms with Crippen LogP contribution in [0.1, 0.15) is 30.5 Å². The zero-order chi connectivity index (χ0) is 15.6. The molecule has 1 aliphatic rings. The van der Waals surface area contributed by atoms with E-state index in [4.69, 9.17) is 18.0 Å². The van der Waals surface area contributed by atoms with Crippen molar-refractivity contribution in [2.75, 3.05) is 11.6 Å². The van der Waals surface area contributed by atoms with Crippen molar-refractivity contribution >= 4 is 34.8 Å². The van der Waals surface area contributed by atoms with Crippen LogP contribution in [0.4, 0.5) is 19.0 Å². The molecule has 0 saturated heterocycles. The van der Waals surface area contributed by atoms with Crippen LogP contribution in [0.15, 0.2) is 12.1 Å². The number of thiocarbonyl (C=S) groups is 1. The molecule has 21 heavy (non-hydrogen) atoms. The van der Waals surface area contributed by atoms with Crippen LogP contribution >= 0.6 is 24.0 Å². The molecule has 1 aliphatic carbocycles. The summed E-state index contributed by atoms with van der Waals surface area (Å²) in [6, 6.07) is 2.28. The molecule has 2 rings (SSSR count). The lowest BCUT2D eigenvalue weighted by atomic mass is 10.2. The van der Waals surface area contributed by atoms with E-state index in [1.165, 1.54) is 6.07 Å². The molecule has 116 valence electrons. The van der Waals surface area contributed by atoms with Gasteiger partial charge in [-0.25, -0.2) is 4.98 Å². The van der Waals surface area contributed by atoms with Gasteiger partial charge in [0.2, 0.25) is 0 Å². The maximum Gasteiger partial charge on any atom is 0.433 e. The minimum absolute atomic E-state index is 0.0399. The predicted octanol–water partition coefficient (Wildman–Crippen LogP) is 3.43. The molecule has 0 aliphatic heterocycles. The van der Waals surface area contributed by atoms with Crippen molar-refractivity contribution in [2.24, 2.45) is 5.73 Å². The number of nitrogens with zero attached hydrogens (tertiary/aromatic N) is 1. The van der Waals surface area contributed by atoms with Gasteiger partial charge in [0, 0.05) is 11.3 Å². The zero-order valence-electron chi connectivity index (χ0n) is 11.4. The van der Waals surface area contributed by atoms with Gasteiger partial charge >= 0.3 is 6.18 Å². The summed E-state index contributed by atoms with van der Waals surface area (Å²) < 4.78 is 38.3. The van der Waals surface area contributed by atoms with E-state index in [-0.39, 0.29) is 16.8 Å². The lowest BCUT2D eigenvalue weighted by molar-refractivity contribution is -0.141. The largest absolute Gasteiger partial charge is 0.433 e. The number of anilines is 1. The van der Waals surface area contributed by atoms with Gasteiger partial charge in [0.1, 0.15) is 16.5 Å². The molecule has 1 saturated carbocycles. The van der Waals surface area contributed by atoms with Crippen LogP contribution in [-0.2, 0) is 6.18 Å². The Hall–Kier alpha value is -1.02. The Kier molecular flexibility index (Phi) is 4.98. The number of halogens is 3. The van der Waals surface area contributed by atoms with Crippen LogP contribution in [-0.4, -0.2) is 27.5 Å². The standard InChI is InChI=1S/C13H16F3N3S2/c1-21-8-3-2-7(6-8)18-12-9(11(17)20)4-5-10(19-12)13(14,15)16/h4-5,7-8H,2-3,6H2,1H3,(H2,17,20)(H,18,19). The number of hydrogen-bond donors (Lipinski definition) is 2. The summed E-state index contributed by atoms with van der Waals surface area (Å²) in [5.41, 5.74) is 4.98. The van der Waals surface area contributed by atoms with Gasteiger partial charge < -0.3 is 11.1 Å². The highest BCUT2D eigenvalue weighted by Gasteiger charge is 2.34. The van der Waals surface area contributed by atoms with Gasteiger partial charge in [-0.15, -0.1) is 0 Å². The highest BCUT2D eigenvalue weighted by molar-refractivity contribution is 7.99. The second kappa shape index (κ2) is 6.39. The normalized spacial score (nSPS) is 22.3. The first-order chi connectivity index (χ1) is 9.81. The van der Waals surface area contributed by atoms with E-state index < -0.39 is 11.9 Å². The van der Waals surface area contributed by atoms with Gasteiger partial charge in [-0.2, -0.15) is 24.9 Å². The Morgan fingerprint density at radius 2 is 2.14 bits per heavy atom. The fourth-order valence-electron chi connectivity index (χ4n) is 2.40. The number of alkyl halides is 3. The Labute approximate surface area is 130 Å². The summed E-state index contributed by atoms with van der Waals surface area (Å²) in [4.78, 5) is 3.71. The quantitative estimate of drug-likeness (QED) is 0.826. The number of thioether (sulfide) groups is 1. The third-order valence-corrected chi connectivity index (χ3v) is 4.82. The van der Waals surface area contributed by atoms with Gasteiger partial charge in [-0.1, -0.05) is 12.2 Å². The molecule has 3 N–H and O–H groups in total. The molecule has 1 fully saturated rings. The molecule has 1 heterocycles. The highest BCUT2D eigenvalue weighted by atomic mass is 32.2. The Morgan fingerprint density at radius 1 is 1.43 bits per heavy atom. The highest BCUT2D eigenvalue weighted by Crippen LogP contribution is 2.33. The first kappa shape index (κ1) is 16.4. The van der Waals surface area contributed by atoms with Crippen LogP contribution in [0.5, 0.6) is 0 Å². The predicted molar refractivity (Wildman–Crippen MR) is 83.7 cm³/mol. The van der Waals surface area contributed by atoms with Crippen molar-refractivity contribution in [1.82, 2.24) is 4.98 Å². The minimum atomic E-state index is -4.48. The lowest BCUT2D eigenvalue weighted by Crippen LogP contribution is -2.22. The van der Waals surface area contributed by atoms with Gasteiger partial charge in [0.05, 0.1) is 5.56 Å². The third-order valence-electron chi connectivity index (χ3n) is 3.51. The van der Waals surface area contributed by atoms with E-state index in [1.54, 1.807) is 11.8 Å². The molecule has 0 bridgehead atoms. The number of aromatic nitrogens is 1. The van der Waals surface area contributed by atoms with Crippen LogP contribution < -0.4 is 11.1 Å². The summed E-state index contributed by atoms with van der Waals surface area (Å²) >= 11 is 6.66. The molecule has 0 aromatic carbocycles. The molecule has 2 atom stereocenters. The Morgan fingerprint density at radius 3 is 2.67 bits per heavy atom. The van der Waals surface area contributed by atoms with Crippen molar-refractivity contribution in [1.29, 1.82) is 0 Å². The molecule has 8 heteroatoms. The summed E-state index contributed by atoms with van der Waals surface area (Å²) in [5.74, 6) is 0.129. The number of rotatable bonds is 4. The van der Waals surface area contributed by atoms with Crippen molar-refractivity contribution in [2.45, 2.75) is 36.7 Å². The number of hydrogen-bond acceptors (Lipinski definition) is 4.